The van der Waals surface area contributed by atoms with Crippen LogP contribution in [0.1, 0.15) is 21.9 Å². The fourth-order valence-electron chi connectivity index (χ4n) is 2.85. The van der Waals surface area contributed by atoms with Gasteiger partial charge in [0.25, 0.3) is 5.91 Å². The molecule has 0 saturated heterocycles. The Morgan fingerprint density at radius 1 is 1.07 bits per heavy atom. The maximum Gasteiger partial charge on any atom is 0.287 e. The van der Waals surface area contributed by atoms with Gasteiger partial charge in [-0.25, -0.2) is 4.39 Å². The Morgan fingerprint density at radius 2 is 1.83 bits per heavy atom. The van der Waals surface area contributed by atoms with Crippen LogP contribution in [0.2, 0.25) is 0 Å². The van der Waals surface area contributed by atoms with E-state index < -0.39 is 10.8 Å². The molecule has 0 spiro atoms. The molecule has 0 aliphatic rings. The van der Waals surface area contributed by atoms with Crippen LogP contribution in [0.25, 0.3) is 0 Å². The smallest absolute Gasteiger partial charge is 0.287 e. The first-order valence-corrected chi connectivity index (χ1v) is 10.5. The summed E-state index contributed by atoms with van der Waals surface area (Å²) in [5.41, 5.74) is 0.909. The van der Waals surface area contributed by atoms with E-state index in [1.54, 1.807) is 32.4 Å². The lowest BCUT2D eigenvalue weighted by Gasteiger charge is -2.10. The molecule has 1 unspecified atom stereocenters. The van der Waals surface area contributed by atoms with Gasteiger partial charge in [0.2, 0.25) is 0 Å². The Hall–Kier alpha value is -3.13. The van der Waals surface area contributed by atoms with Gasteiger partial charge in [-0.15, -0.1) is 0 Å². The Morgan fingerprint density at radius 3 is 2.53 bits per heavy atom. The number of hydrogen-bond donors (Lipinski definition) is 1. The van der Waals surface area contributed by atoms with E-state index in [0.717, 1.165) is 5.56 Å². The topological polar surface area (TPSA) is 77.8 Å². The second kappa shape index (κ2) is 10.1. The van der Waals surface area contributed by atoms with Gasteiger partial charge in [0.05, 0.1) is 30.8 Å². The summed E-state index contributed by atoms with van der Waals surface area (Å²) in [7, 11) is 1.78. The molecule has 1 aromatic heterocycles. The fourth-order valence-corrected chi connectivity index (χ4v) is 3.87. The van der Waals surface area contributed by atoms with Gasteiger partial charge in [-0.1, -0.05) is 0 Å². The molecular formula is C22H22FNO5S. The van der Waals surface area contributed by atoms with E-state index >= 15 is 0 Å². The van der Waals surface area contributed by atoms with Gasteiger partial charge in [-0.05, 0) is 66.6 Å². The Balaban J connectivity index is 1.55. The van der Waals surface area contributed by atoms with Crippen LogP contribution in [0.3, 0.4) is 0 Å². The molecule has 6 nitrogen and oxygen atoms in total. The number of amides is 1. The first kappa shape index (κ1) is 21.6. The standard InChI is InChI=1S/C22H22FNO5S/c1-27-17-5-9-20(28-2)15(13-17)11-12-24-22(25)21-10-6-18(29-21)14-30(26)19-7-3-16(23)4-8-19/h3-10,13H,11-12,14H2,1-2H3,(H,24,25). The van der Waals surface area contributed by atoms with Crippen LogP contribution in [0.15, 0.2) is 63.9 Å². The number of nitrogens with one attached hydrogen (secondary N) is 1. The summed E-state index contributed by atoms with van der Waals surface area (Å²) in [5.74, 6) is 1.32. The normalized spacial score (nSPS) is 11.7. The Kier molecular flexibility index (Phi) is 7.24. The molecule has 0 bridgehead atoms. The molecular weight excluding hydrogens is 409 g/mol. The lowest BCUT2D eigenvalue weighted by molar-refractivity contribution is 0.0925. The van der Waals surface area contributed by atoms with Crippen molar-refractivity contribution in [1.29, 1.82) is 0 Å². The molecule has 3 aromatic rings. The maximum atomic E-state index is 13.0. The molecule has 3 rings (SSSR count). The van der Waals surface area contributed by atoms with E-state index in [1.165, 1.54) is 24.3 Å². The minimum Gasteiger partial charge on any atom is -0.497 e. The minimum absolute atomic E-state index is 0.0971. The summed E-state index contributed by atoms with van der Waals surface area (Å²) in [5, 5.41) is 2.79. The summed E-state index contributed by atoms with van der Waals surface area (Å²) in [6, 6.07) is 14.1. The summed E-state index contributed by atoms with van der Waals surface area (Å²) < 4.78 is 41.4. The zero-order valence-corrected chi connectivity index (χ0v) is 17.5. The molecule has 0 fully saturated rings. The van der Waals surface area contributed by atoms with Crippen molar-refractivity contribution in [3.63, 3.8) is 0 Å². The lowest BCUT2D eigenvalue weighted by Crippen LogP contribution is -2.25. The zero-order valence-electron chi connectivity index (χ0n) is 16.6. The van der Waals surface area contributed by atoms with Gasteiger partial charge >= 0.3 is 0 Å². The minimum atomic E-state index is -1.40. The quantitative estimate of drug-likeness (QED) is 0.559. The molecule has 1 N–H and O–H groups in total. The third-order valence-corrected chi connectivity index (χ3v) is 5.75. The molecule has 1 atom stereocenters. The molecule has 8 heteroatoms. The van der Waals surface area contributed by atoms with Gasteiger partial charge in [0.15, 0.2) is 5.76 Å². The number of ether oxygens (including phenoxy) is 2. The van der Waals surface area contributed by atoms with Crippen LogP contribution in [-0.2, 0) is 23.0 Å². The highest BCUT2D eigenvalue weighted by atomic mass is 32.2. The number of hydrogen-bond acceptors (Lipinski definition) is 5. The summed E-state index contributed by atoms with van der Waals surface area (Å²) in [4.78, 5) is 12.8. The second-order valence-electron chi connectivity index (χ2n) is 6.39. The molecule has 2 aromatic carbocycles. The van der Waals surface area contributed by atoms with Crippen molar-refractivity contribution < 1.29 is 27.3 Å². The number of halogens is 1. The molecule has 0 saturated carbocycles. The number of methoxy groups -OCH3 is 2. The van der Waals surface area contributed by atoms with Crippen molar-refractivity contribution in [3.05, 3.63) is 77.5 Å². The predicted molar refractivity (Wildman–Crippen MR) is 111 cm³/mol. The average Bonchev–Trinajstić information content (AvgIpc) is 3.22. The number of carbonyl (C=O) groups is 1. The van der Waals surface area contributed by atoms with Gasteiger partial charge in [0, 0.05) is 11.4 Å². The SMILES string of the molecule is COc1ccc(OC)c(CCNC(=O)c2ccc(CS(=O)c3ccc(F)cc3)o2)c1. The highest BCUT2D eigenvalue weighted by molar-refractivity contribution is 7.84. The third-order valence-electron chi connectivity index (χ3n) is 4.40. The molecule has 0 radical (unpaired) electrons. The lowest BCUT2D eigenvalue weighted by atomic mass is 10.1. The van der Waals surface area contributed by atoms with Crippen LogP contribution in [-0.4, -0.2) is 30.9 Å². The highest BCUT2D eigenvalue weighted by Gasteiger charge is 2.14. The highest BCUT2D eigenvalue weighted by Crippen LogP contribution is 2.24. The van der Waals surface area contributed by atoms with Gasteiger partial charge < -0.3 is 19.2 Å². The number of carbonyl (C=O) groups excluding carboxylic acids is 1. The first-order chi connectivity index (χ1) is 14.5. The summed E-state index contributed by atoms with van der Waals surface area (Å²) in [6.45, 7) is 0.375. The Bertz CT molecular complexity index is 1030. The van der Waals surface area contributed by atoms with Crippen molar-refractivity contribution in [2.75, 3.05) is 20.8 Å². The molecule has 0 aliphatic heterocycles. The van der Waals surface area contributed by atoms with E-state index in [-0.39, 0.29) is 23.2 Å². The van der Waals surface area contributed by atoms with Gasteiger partial charge in [-0.2, -0.15) is 0 Å². The monoisotopic (exact) mass is 431 g/mol. The summed E-state index contributed by atoms with van der Waals surface area (Å²) >= 11 is 0. The molecule has 158 valence electrons. The van der Waals surface area contributed by atoms with E-state index in [0.29, 0.717) is 35.1 Å². The maximum absolute atomic E-state index is 13.0. The molecule has 0 aliphatic carbocycles. The van der Waals surface area contributed by atoms with Crippen LogP contribution >= 0.6 is 0 Å². The second-order valence-corrected chi connectivity index (χ2v) is 7.84. The number of furan rings is 1. The van der Waals surface area contributed by atoms with E-state index in [4.69, 9.17) is 13.9 Å². The molecule has 1 amide bonds. The average molecular weight is 431 g/mol. The number of rotatable bonds is 9. The van der Waals surface area contributed by atoms with Crippen LogP contribution in [0.5, 0.6) is 11.5 Å². The van der Waals surface area contributed by atoms with Gasteiger partial charge in [-0.3, -0.25) is 9.00 Å². The summed E-state index contributed by atoms with van der Waals surface area (Å²) in [6.07, 6.45) is 0.550. The van der Waals surface area contributed by atoms with Crippen LogP contribution in [0.4, 0.5) is 4.39 Å². The molecule has 30 heavy (non-hydrogen) atoms. The predicted octanol–water partition coefficient (Wildman–Crippen LogP) is 3.72. The zero-order chi connectivity index (χ0) is 21.5. The third kappa shape index (κ3) is 5.48. The van der Waals surface area contributed by atoms with Crippen molar-refractivity contribution in [3.8, 4) is 11.5 Å². The van der Waals surface area contributed by atoms with E-state index in [9.17, 15) is 13.4 Å². The van der Waals surface area contributed by atoms with Crippen LogP contribution in [0, 0.1) is 5.82 Å². The van der Waals surface area contributed by atoms with Gasteiger partial charge in [0.1, 0.15) is 23.1 Å². The van der Waals surface area contributed by atoms with Crippen molar-refractivity contribution >= 4 is 16.7 Å². The van der Waals surface area contributed by atoms with Crippen molar-refractivity contribution in [1.82, 2.24) is 5.32 Å². The first-order valence-electron chi connectivity index (χ1n) is 9.22. The largest absolute Gasteiger partial charge is 0.497 e. The van der Waals surface area contributed by atoms with Crippen LogP contribution < -0.4 is 14.8 Å². The fraction of sp³-hybridized carbons (Fsp3) is 0.227. The molecule has 1 heterocycles. The van der Waals surface area contributed by atoms with Crippen molar-refractivity contribution in [2.45, 2.75) is 17.1 Å². The number of benzene rings is 2. The van der Waals surface area contributed by atoms with E-state index in [1.807, 2.05) is 12.1 Å². The Labute approximate surface area is 176 Å². The van der Waals surface area contributed by atoms with Crippen molar-refractivity contribution in [2.24, 2.45) is 0 Å². The van der Waals surface area contributed by atoms with E-state index in [2.05, 4.69) is 5.32 Å².